The number of fused-ring (bicyclic) bond motifs is 2. The normalized spacial score (nSPS) is 35.6. The lowest BCUT2D eigenvalue weighted by Crippen LogP contribution is -2.52. The summed E-state index contributed by atoms with van der Waals surface area (Å²) in [5, 5.41) is 0. The van der Waals surface area contributed by atoms with E-state index in [0.717, 1.165) is 30.4 Å². The molecular weight excluding hydrogens is 364 g/mol. The molecule has 3 bridgehead atoms. The number of carbonyl (C=O) groups is 1. The van der Waals surface area contributed by atoms with Crippen molar-refractivity contribution in [2.75, 3.05) is 11.5 Å². The first-order valence-electron chi connectivity index (χ1n) is 11.6. The second kappa shape index (κ2) is 7.38. The van der Waals surface area contributed by atoms with Gasteiger partial charge in [-0.15, -0.1) is 0 Å². The number of hydrogen-bond donors (Lipinski definition) is 1. The molecule has 2 unspecified atom stereocenters. The van der Waals surface area contributed by atoms with Crippen LogP contribution < -0.4 is 4.74 Å². The lowest BCUT2D eigenvalue weighted by Gasteiger charge is -2.54. The zero-order valence-corrected chi connectivity index (χ0v) is 18.5. The molecule has 1 aromatic rings. The largest absolute Gasteiger partial charge is 0.426 e. The first-order valence-corrected chi connectivity index (χ1v) is 13.3. The van der Waals surface area contributed by atoms with Crippen LogP contribution in [0, 0.1) is 37.0 Å². The number of rotatable bonds is 3. The van der Waals surface area contributed by atoms with Crippen LogP contribution in [0.25, 0.3) is 0 Å². The molecule has 0 N–H and O–H groups in total. The SMILES string of the molecule is Cc1cc([SH]2CCCCC2)cc(C)c1OC(=O)C12CC3CCC1CCC(C3)C2. The van der Waals surface area contributed by atoms with Crippen molar-refractivity contribution in [3.8, 4) is 5.75 Å². The van der Waals surface area contributed by atoms with Gasteiger partial charge in [0.15, 0.2) is 0 Å². The van der Waals surface area contributed by atoms with Crippen molar-refractivity contribution < 1.29 is 9.53 Å². The molecule has 4 aliphatic rings. The highest BCUT2D eigenvalue weighted by Gasteiger charge is 2.56. The Morgan fingerprint density at radius 3 is 2.18 bits per heavy atom. The van der Waals surface area contributed by atoms with Gasteiger partial charge in [0.1, 0.15) is 5.75 Å². The van der Waals surface area contributed by atoms with E-state index in [-0.39, 0.29) is 22.3 Å². The first kappa shape index (κ1) is 19.0. The standard InChI is InChI=1S/C25H36O2S/c1-17-12-22(28-10-4-3-5-11-28)13-18(2)23(17)27-24(26)25-15-19-6-8-21(25)9-7-20(14-19)16-25/h12-13,19-21,28H,3-11,14-16H2,1-2H3. The van der Waals surface area contributed by atoms with E-state index < -0.39 is 0 Å². The first-order chi connectivity index (χ1) is 13.5. The highest BCUT2D eigenvalue weighted by molar-refractivity contribution is 8.17. The van der Waals surface area contributed by atoms with Crippen LogP contribution in [0.2, 0.25) is 0 Å². The molecule has 154 valence electrons. The maximum atomic E-state index is 13.6. The molecule has 28 heavy (non-hydrogen) atoms. The molecule has 2 nitrogen and oxygen atoms in total. The summed E-state index contributed by atoms with van der Waals surface area (Å²) in [5.74, 6) is 5.82. The minimum atomic E-state index is -0.172. The van der Waals surface area contributed by atoms with Crippen LogP contribution in [0.5, 0.6) is 5.75 Å². The van der Waals surface area contributed by atoms with E-state index in [2.05, 4.69) is 26.0 Å². The van der Waals surface area contributed by atoms with Gasteiger partial charge in [-0.05, 0) is 116 Å². The van der Waals surface area contributed by atoms with Gasteiger partial charge in [-0.25, -0.2) is 10.9 Å². The number of carbonyl (C=O) groups excluding carboxylic acids is 1. The van der Waals surface area contributed by atoms with Gasteiger partial charge in [-0.2, -0.15) is 0 Å². The number of benzene rings is 1. The Hall–Kier alpha value is -0.960. The van der Waals surface area contributed by atoms with Crippen LogP contribution in [0.1, 0.15) is 75.3 Å². The van der Waals surface area contributed by atoms with Gasteiger partial charge in [0, 0.05) is 0 Å². The Morgan fingerprint density at radius 2 is 1.57 bits per heavy atom. The Bertz CT molecular complexity index is 725. The summed E-state index contributed by atoms with van der Waals surface area (Å²) in [7, 11) is 0.00128. The quantitative estimate of drug-likeness (QED) is 0.363. The van der Waals surface area contributed by atoms with Gasteiger partial charge >= 0.3 is 5.97 Å². The zero-order valence-electron chi connectivity index (χ0n) is 17.6. The van der Waals surface area contributed by atoms with Gasteiger partial charge in [0.25, 0.3) is 0 Å². The second-order valence-electron chi connectivity index (χ2n) is 10.2. The molecule has 1 aliphatic heterocycles. The van der Waals surface area contributed by atoms with Gasteiger partial charge in [-0.1, -0.05) is 19.3 Å². The molecule has 3 heteroatoms. The van der Waals surface area contributed by atoms with Gasteiger partial charge in [0.05, 0.1) is 5.41 Å². The summed E-state index contributed by atoms with van der Waals surface area (Å²) in [4.78, 5) is 15.1. The molecule has 0 aromatic heterocycles. The number of ether oxygens (including phenoxy) is 1. The van der Waals surface area contributed by atoms with E-state index in [9.17, 15) is 4.79 Å². The third kappa shape index (κ3) is 3.22. The number of aryl methyl sites for hydroxylation is 2. The number of thiol groups is 1. The van der Waals surface area contributed by atoms with Crippen LogP contribution in [0.3, 0.4) is 0 Å². The van der Waals surface area contributed by atoms with Gasteiger partial charge in [-0.3, -0.25) is 4.79 Å². The van der Waals surface area contributed by atoms with Crippen molar-refractivity contribution in [1.29, 1.82) is 0 Å². The minimum Gasteiger partial charge on any atom is -0.426 e. The third-order valence-electron chi connectivity index (χ3n) is 8.37. The van der Waals surface area contributed by atoms with E-state index in [1.807, 2.05) is 0 Å². The van der Waals surface area contributed by atoms with Crippen LogP contribution in [-0.4, -0.2) is 17.5 Å². The summed E-state index contributed by atoms with van der Waals surface area (Å²) >= 11 is 0. The van der Waals surface area contributed by atoms with E-state index in [4.69, 9.17) is 4.74 Å². The predicted octanol–water partition coefficient (Wildman–Crippen LogP) is 6.36. The van der Waals surface area contributed by atoms with Crippen LogP contribution in [0.4, 0.5) is 0 Å². The molecule has 5 rings (SSSR count). The van der Waals surface area contributed by atoms with Gasteiger partial charge in [0.2, 0.25) is 0 Å². The highest BCUT2D eigenvalue weighted by Crippen LogP contribution is 2.60. The molecule has 1 aromatic carbocycles. The average Bonchev–Trinajstić information content (AvgIpc) is 2.69. The highest BCUT2D eigenvalue weighted by atomic mass is 32.2. The van der Waals surface area contributed by atoms with E-state index in [1.54, 1.807) is 0 Å². The molecule has 2 atom stereocenters. The molecule has 1 heterocycles. The van der Waals surface area contributed by atoms with Crippen molar-refractivity contribution in [2.24, 2.45) is 23.2 Å². The van der Waals surface area contributed by atoms with Crippen molar-refractivity contribution in [1.82, 2.24) is 0 Å². The summed E-state index contributed by atoms with van der Waals surface area (Å²) < 4.78 is 6.26. The van der Waals surface area contributed by atoms with Crippen molar-refractivity contribution in [3.05, 3.63) is 23.3 Å². The fourth-order valence-corrected chi connectivity index (χ4v) is 9.75. The Labute approximate surface area is 173 Å². The third-order valence-corrected chi connectivity index (χ3v) is 11.1. The zero-order chi connectivity index (χ0) is 19.3. The second-order valence-corrected chi connectivity index (χ2v) is 12.7. The maximum absolute atomic E-state index is 13.6. The monoisotopic (exact) mass is 400 g/mol. The molecule has 1 saturated heterocycles. The number of hydrogen-bond acceptors (Lipinski definition) is 2. The fraction of sp³-hybridized carbons (Fsp3) is 0.720. The van der Waals surface area contributed by atoms with E-state index >= 15 is 0 Å². The molecule has 4 fully saturated rings. The summed E-state index contributed by atoms with van der Waals surface area (Å²) in [6.45, 7) is 4.29. The Kier molecular flexibility index (Phi) is 5.01. The number of esters is 1. The summed E-state index contributed by atoms with van der Waals surface area (Å²) in [6, 6.07) is 4.67. The van der Waals surface area contributed by atoms with Crippen molar-refractivity contribution in [3.63, 3.8) is 0 Å². The molecule has 0 amide bonds. The van der Waals surface area contributed by atoms with Gasteiger partial charge < -0.3 is 4.74 Å². The smallest absolute Gasteiger partial charge is 0.317 e. The molecular formula is C25H36O2S. The van der Waals surface area contributed by atoms with Crippen LogP contribution in [-0.2, 0) is 4.79 Å². The molecule has 3 saturated carbocycles. The lowest BCUT2D eigenvalue weighted by atomic mass is 9.49. The van der Waals surface area contributed by atoms with Crippen LogP contribution in [0.15, 0.2) is 17.0 Å². The summed E-state index contributed by atoms with van der Waals surface area (Å²) in [5.41, 5.74) is 2.16. The Morgan fingerprint density at radius 1 is 0.964 bits per heavy atom. The van der Waals surface area contributed by atoms with Crippen LogP contribution >= 0.6 is 10.9 Å². The van der Waals surface area contributed by atoms with E-state index in [1.165, 1.54) is 78.9 Å². The Balaban J connectivity index is 1.39. The maximum Gasteiger partial charge on any atom is 0.317 e. The minimum absolute atomic E-state index is 0.00128. The van der Waals surface area contributed by atoms with Crippen molar-refractivity contribution >= 4 is 16.9 Å². The molecule has 3 aliphatic carbocycles. The molecule has 0 spiro atoms. The van der Waals surface area contributed by atoms with E-state index in [0.29, 0.717) is 5.92 Å². The fourth-order valence-electron chi connectivity index (χ4n) is 7.05. The lowest BCUT2D eigenvalue weighted by molar-refractivity contribution is -0.164. The molecule has 0 radical (unpaired) electrons. The summed E-state index contributed by atoms with van der Waals surface area (Å²) in [6.07, 6.45) is 12.9. The van der Waals surface area contributed by atoms with Crippen molar-refractivity contribution in [2.45, 2.75) is 83.0 Å². The topological polar surface area (TPSA) is 26.3 Å². The predicted molar refractivity (Wildman–Crippen MR) is 118 cm³/mol. The average molecular weight is 401 g/mol.